The molecule has 2 heterocycles. The first-order valence-corrected chi connectivity index (χ1v) is 5.02. The first-order valence-electron chi connectivity index (χ1n) is 5.02. The third-order valence-electron chi connectivity index (χ3n) is 3.12. The topological polar surface area (TPSA) is 48.3 Å². The molecule has 0 radical (unpaired) electrons. The second-order valence-electron chi connectivity index (χ2n) is 4.12. The van der Waals surface area contributed by atoms with Gasteiger partial charge >= 0.3 is 0 Å². The van der Waals surface area contributed by atoms with Crippen LogP contribution in [0.5, 0.6) is 0 Å². The van der Waals surface area contributed by atoms with Crippen LogP contribution in [-0.4, -0.2) is 18.7 Å². The van der Waals surface area contributed by atoms with E-state index in [1.165, 1.54) is 22.2 Å². The van der Waals surface area contributed by atoms with E-state index in [2.05, 4.69) is 36.0 Å². The molecule has 3 rings (SSSR count). The molecule has 0 aliphatic carbocycles. The van der Waals surface area contributed by atoms with Gasteiger partial charge in [-0.2, -0.15) is 0 Å². The Morgan fingerprint density at radius 1 is 1.47 bits per heavy atom. The molecule has 0 amide bonds. The number of H-pyrrole nitrogens is 1. The number of rotatable bonds is 0. The zero-order chi connectivity index (χ0) is 10.6. The molecule has 4 heteroatoms. The van der Waals surface area contributed by atoms with Crippen molar-refractivity contribution in [1.82, 2.24) is 4.98 Å². The molecule has 15 heavy (non-hydrogen) atoms. The fourth-order valence-electron chi connectivity index (χ4n) is 2.38. The van der Waals surface area contributed by atoms with E-state index in [4.69, 9.17) is 5.84 Å². The van der Waals surface area contributed by atoms with Gasteiger partial charge in [0.1, 0.15) is 6.67 Å². The molecule has 0 atom stereocenters. The van der Waals surface area contributed by atoms with Crippen LogP contribution in [0.2, 0.25) is 0 Å². The van der Waals surface area contributed by atoms with Crippen LogP contribution in [0, 0.1) is 6.92 Å². The monoisotopic (exact) mass is 202 g/mol. The molecule has 2 aromatic rings. The Hall–Kier alpha value is -1.68. The smallest absolute Gasteiger partial charge is 0.105 e. The van der Waals surface area contributed by atoms with Crippen LogP contribution in [0.4, 0.5) is 11.4 Å². The molecular weight excluding hydrogens is 188 g/mol. The predicted octanol–water partition coefficient (Wildman–Crippen LogP) is 1.56. The largest absolute Gasteiger partial charge is 0.361 e. The highest BCUT2D eigenvalue weighted by molar-refractivity contribution is 5.96. The number of aromatic nitrogens is 1. The molecule has 1 aliphatic rings. The van der Waals surface area contributed by atoms with E-state index in [0.717, 1.165) is 12.4 Å². The van der Waals surface area contributed by atoms with Gasteiger partial charge in [-0.15, -0.1) is 0 Å². The lowest BCUT2D eigenvalue weighted by atomic mass is 10.1. The number of nitrogens with one attached hydrogen (secondary N) is 1. The van der Waals surface area contributed by atoms with E-state index in [1.807, 2.05) is 6.20 Å². The van der Waals surface area contributed by atoms with Crippen molar-refractivity contribution in [3.63, 3.8) is 0 Å². The minimum absolute atomic E-state index is 0.753. The molecule has 1 aliphatic heterocycles. The summed E-state index contributed by atoms with van der Waals surface area (Å²) in [6, 6.07) is 4.25. The Morgan fingerprint density at radius 3 is 3.07 bits per heavy atom. The number of nitrogens with zero attached hydrogens (tertiary/aromatic N) is 2. The fourth-order valence-corrected chi connectivity index (χ4v) is 2.38. The SMILES string of the molecule is Cc1c2c(cc3[nH]ccc13)N(C)CN2N. The second-order valence-corrected chi connectivity index (χ2v) is 4.12. The van der Waals surface area contributed by atoms with Crippen LogP contribution in [0.3, 0.4) is 0 Å². The van der Waals surface area contributed by atoms with Crippen LogP contribution in [0.15, 0.2) is 18.3 Å². The van der Waals surface area contributed by atoms with Crippen molar-refractivity contribution in [2.24, 2.45) is 5.84 Å². The van der Waals surface area contributed by atoms with Gasteiger partial charge in [-0.1, -0.05) is 0 Å². The zero-order valence-electron chi connectivity index (χ0n) is 8.91. The van der Waals surface area contributed by atoms with E-state index >= 15 is 0 Å². The number of anilines is 2. The average molecular weight is 202 g/mol. The maximum absolute atomic E-state index is 5.98. The van der Waals surface area contributed by atoms with Gasteiger partial charge in [-0.3, -0.25) is 5.01 Å². The second kappa shape index (κ2) is 2.67. The summed E-state index contributed by atoms with van der Waals surface area (Å²) in [4.78, 5) is 5.39. The van der Waals surface area contributed by atoms with Crippen molar-refractivity contribution < 1.29 is 0 Å². The Bertz CT molecular complexity index is 529. The summed E-state index contributed by atoms with van der Waals surface area (Å²) in [6.07, 6.45) is 1.97. The van der Waals surface area contributed by atoms with Gasteiger partial charge in [0.25, 0.3) is 0 Å². The molecule has 0 fully saturated rings. The van der Waals surface area contributed by atoms with Crippen LogP contribution >= 0.6 is 0 Å². The lowest BCUT2D eigenvalue weighted by molar-refractivity contribution is 0.861. The summed E-state index contributed by atoms with van der Waals surface area (Å²) in [6.45, 7) is 2.87. The van der Waals surface area contributed by atoms with Crippen molar-refractivity contribution in [3.05, 3.63) is 23.9 Å². The number of hydrogen-bond acceptors (Lipinski definition) is 3. The average Bonchev–Trinajstić information content (AvgIpc) is 2.73. The number of benzene rings is 1. The highest BCUT2D eigenvalue weighted by atomic mass is 15.5. The summed E-state index contributed by atoms with van der Waals surface area (Å²) in [7, 11) is 2.06. The van der Waals surface area contributed by atoms with Gasteiger partial charge in [-0.05, 0) is 24.6 Å². The van der Waals surface area contributed by atoms with Crippen LogP contribution in [0.25, 0.3) is 10.9 Å². The number of aromatic amines is 1. The van der Waals surface area contributed by atoms with Gasteiger partial charge < -0.3 is 9.88 Å². The maximum Gasteiger partial charge on any atom is 0.105 e. The molecular formula is C11H14N4. The van der Waals surface area contributed by atoms with E-state index in [1.54, 1.807) is 5.01 Å². The highest BCUT2D eigenvalue weighted by Gasteiger charge is 2.24. The molecule has 1 aromatic heterocycles. The van der Waals surface area contributed by atoms with Crippen molar-refractivity contribution in [2.45, 2.75) is 6.92 Å². The standard InChI is InChI=1S/C11H14N4/c1-7-8-3-4-13-9(8)5-10-11(7)15(12)6-14(10)2/h3-5,13H,6,12H2,1-2H3. The Balaban J connectivity index is 2.40. The van der Waals surface area contributed by atoms with Crippen molar-refractivity contribution in [1.29, 1.82) is 0 Å². The lowest BCUT2D eigenvalue weighted by Gasteiger charge is -2.12. The molecule has 1 aromatic carbocycles. The van der Waals surface area contributed by atoms with Gasteiger partial charge in [0.2, 0.25) is 0 Å². The van der Waals surface area contributed by atoms with E-state index in [9.17, 15) is 0 Å². The van der Waals surface area contributed by atoms with E-state index < -0.39 is 0 Å². The Morgan fingerprint density at radius 2 is 2.27 bits per heavy atom. The first-order chi connectivity index (χ1) is 7.18. The van der Waals surface area contributed by atoms with Crippen molar-refractivity contribution >= 4 is 22.3 Å². The van der Waals surface area contributed by atoms with Crippen LogP contribution in [-0.2, 0) is 0 Å². The third kappa shape index (κ3) is 0.995. The Kier molecular flexibility index (Phi) is 1.53. The molecule has 3 N–H and O–H groups in total. The molecule has 0 saturated carbocycles. The lowest BCUT2D eigenvalue weighted by Crippen LogP contribution is -2.34. The molecule has 0 bridgehead atoms. The van der Waals surface area contributed by atoms with Gasteiger partial charge in [-0.25, -0.2) is 5.84 Å². The molecule has 4 nitrogen and oxygen atoms in total. The normalized spacial score (nSPS) is 15.1. The highest BCUT2D eigenvalue weighted by Crippen LogP contribution is 2.40. The summed E-state index contributed by atoms with van der Waals surface area (Å²) < 4.78 is 0. The third-order valence-corrected chi connectivity index (χ3v) is 3.12. The fraction of sp³-hybridized carbons (Fsp3) is 0.273. The minimum atomic E-state index is 0.753. The summed E-state index contributed by atoms with van der Waals surface area (Å²) in [5, 5.41) is 3.05. The summed E-state index contributed by atoms with van der Waals surface area (Å²) in [5.41, 5.74) is 4.76. The summed E-state index contributed by atoms with van der Waals surface area (Å²) in [5.74, 6) is 5.98. The first kappa shape index (κ1) is 8.61. The Labute approximate surface area is 88.2 Å². The van der Waals surface area contributed by atoms with Gasteiger partial charge in [0, 0.05) is 24.1 Å². The predicted molar refractivity (Wildman–Crippen MR) is 63.0 cm³/mol. The van der Waals surface area contributed by atoms with Crippen LogP contribution < -0.4 is 15.8 Å². The quantitative estimate of drug-likeness (QED) is 0.637. The zero-order valence-corrected chi connectivity index (χ0v) is 8.91. The van der Waals surface area contributed by atoms with E-state index in [-0.39, 0.29) is 0 Å². The summed E-state index contributed by atoms with van der Waals surface area (Å²) >= 11 is 0. The minimum Gasteiger partial charge on any atom is -0.361 e. The number of fused-ring (bicyclic) bond motifs is 2. The molecule has 0 unspecified atom stereocenters. The number of hydrazine groups is 1. The molecule has 0 saturated heterocycles. The number of nitrogens with two attached hydrogens (primary N) is 1. The maximum atomic E-state index is 5.98. The van der Waals surface area contributed by atoms with E-state index in [0.29, 0.717) is 0 Å². The van der Waals surface area contributed by atoms with Crippen LogP contribution in [0.1, 0.15) is 5.56 Å². The van der Waals surface area contributed by atoms with Gasteiger partial charge in [0.15, 0.2) is 0 Å². The molecule has 0 spiro atoms. The molecule has 78 valence electrons. The van der Waals surface area contributed by atoms with Crippen molar-refractivity contribution in [3.8, 4) is 0 Å². The van der Waals surface area contributed by atoms with Gasteiger partial charge in [0.05, 0.1) is 11.4 Å². The number of aryl methyl sites for hydroxylation is 1. The number of hydrogen-bond donors (Lipinski definition) is 2. The van der Waals surface area contributed by atoms with Crippen molar-refractivity contribution in [2.75, 3.05) is 23.6 Å².